The molecule has 0 amide bonds. The topological polar surface area (TPSA) is 47.0 Å². The molecule has 0 aliphatic heterocycles. The first-order valence-electron chi connectivity index (χ1n) is 6.48. The molecule has 1 rings (SSSR count). The first-order chi connectivity index (χ1) is 8.59. The van der Waals surface area contributed by atoms with Crippen LogP contribution in [0.1, 0.15) is 44.5 Å². The van der Waals surface area contributed by atoms with Gasteiger partial charge in [-0.05, 0) is 51.2 Å². The third-order valence-corrected chi connectivity index (χ3v) is 5.90. The van der Waals surface area contributed by atoms with Crippen LogP contribution in [0.4, 0.5) is 0 Å². The summed E-state index contributed by atoms with van der Waals surface area (Å²) in [5, 5.41) is -0.406. The van der Waals surface area contributed by atoms with Crippen molar-refractivity contribution in [1.29, 1.82) is 0 Å². The molecular formula is C14H22ClNO2S. The molecule has 1 aromatic heterocycles. The largest absolute Gasteiger partial charge is 0.240 e. The monoisotopic (exact) mass is 303 g/mol. The summed E-state index contributed by atoms with van der Waals surface area (Å²) in [5.41, 5.74) is 2.57. The van der Waals surface area contributed by atoms with Crippen molar-refractivity contribution in [1.82, 2.24) is 4.98 Å². The summed E-state index contributed by atoms with van der Waals surface area (Å²) < 4.78 is 24.8. The highest BCUT2D eigenvalue weighted by molar-refractivity contribution is 7.92. The average Bonchev–Trinajstić information content (AvgIpc) is 2.22. The summed E-state index contributed by atoms with van der Waals surface area (Å²) in [6.07, 6.45) is 0.808. The van der Waals surface area contributed by atoms with Crippen molar-refractivity contribution < 1.29 is 8.42 Å². The Kier molecular flexibility index (Phi) is 5.02. The van der Waals surface area contributed by atoms with Gasteiger partial charge in [-0.15, -0.1) is 0 Å². The number of aryl methyl sites for hydroxylation is 1. The highest BCUT2D eigenvalue weighted by Crippen LogP contribution is 2.31. The predicted octanol–water partition coefficient (Wildman–Crippen LogP) is 3.73. The molecule has 0 saturated carbocycles. The highest BCUT2D eigenvalue weighted by atomic mass is 35.5. The van der Waals surface area contributed by atoms with Gasteiger partial charge in [-0.1, -0.05) is 25.4 Å². The molecule has 0 fully saturated rings. The van der Waals surface area contributed by atoms with Gasteiger partial charge in [0.2, 0.25) is 0 Å². The normalized spacial score (nSPS) is 12.5. The van der Waals surface area contributed by atoms with Crippen molar-refractivity contribution in [2.75, 3.05) is 0 Å². The lowest BCUT2D eigenvalue weighted by molar-refractivity contribution is 0.584. The van der Waals surface area contributed by atoms with Crippen molar-refractivity contribution >= 4 is 21.4 Å². The van der Waals surface area contributed by atoms with E-state index in [4.69, 9.17) is 11.6 Å². The fraction of sp³-hybridized carbons (Fsp3) is 0.643. The van der Waals surface area contributed by atoms with Crippen LogP contribution < -0.4 is 0 Å². The second kappa shape index (κ2) is 5.80. The maximum Gasteiger partial charge on any atom is 0.184 e. The lowest BCUT2D eigenvalue weighted by atomic mass is 9.98. The Hall–Kier alpha value is -0.610. The molecule has 0 bridgehead atoms. The minimum atomic E-state index is -3.41. The first kappa shape index (κ1) is 16.4. The van der Waals surface area contributed by atoms with Crippen LogP contribution in [0.5, 0.6) is 0 Å². The second-order valence-electron chi connectivity index (χ2n) is 5.61. The summed E-state index contributed by atoms with van der Waals surface area (Å²) in [4.78, 5) is 4.42. The number of aromatic nitrogens is 1. The maximum absolute atomic E-state index is 12.4. The minimum Gasteiger partial charge on any atom is -0.240 e. The van der Waals surface area contributed by atoms with Crippen LogP contribution in [0.15, 0.2) is 4.90 Å². The fourth-order valence-corrected chi connectivity index (χ4v) is 4.00. The van der Waals surface area contributed by atoms with E-state index in [0.717, 1.165) is 23.2 Å². The molecule has 0 saturated heterocycles. The van der Waals surface area contributed by atoms with E-state index in [1.165, 1.54) is 0 Å². The summed E-state index contributed by atoms with van der Waals surface area (Å²) in [5.74, 6) is 0.440. The van der Waals surface area contributed by atoms with Crippen LogP contribution >= 0.6 is 11.6 Å². The van der Waals surface area contributed by atoms with Crippen LogP contribution in [-0.4, -0.2) is 18.7 Å². The Labute approximate surface area is 121 Å². The van der Waals surface area contributed by atoms with Crippen molar-refractivity contribution in [3.63, 3.8) is 0 Å². The second-order valence-corrected chi connectivity index (χ2v) is 8.41. The van der Waals surface area contributed by atoms with E-state index in [1.807, 2.05) is 13.8 Å². The van der Waals surface area contributed by atoms with Gasteiger partial charge in [-0.2, -0.15) is 0 Å². The number of halogens is 1. The standard InChI is InChI=1S/C14H22ClNO2S/c1-8(2)7-12-10(5)13(14(15)16-11(12)6)19(17,18)9(3)4/h8-9H,7H2,1-6H3. The zero-order valence-corrected chi connectivity index (χ0v) is 14.0. The summed E-state index contributed by atoms with van der Waals surface area (Å²) in [7, 11) is -3.41. The number of nitrogens with zero attached hydrogens (tertiary/aromatic N) is 1. The van der Waals surface area contributed by atoms with Gasteiger partial charge in [0, 0.05) is 5.69 Å². The van der Waals surface area contributed by atoms with Crippen LogP contribution in [0.25, 0.3) is 0 Å². The van der Waals surface area contributed by atoms with Gasteiger partial charge in [0.05, 0.1) is 5.25 Å². The number of sulfone groups is 1. The molecule has 0 N–H and O–H groups in total. The van der Waals surface area contributed by atoms with E-state index in [1.54, 1.807) is 13.8 Å². The Morgan fingerprint density at radius 1 is 1.16 bits per heavy atom. The maximum atomic E-state index is 12.4. The zero-order valence-electron chi connectivity index (χ0n) is 12.4. The van der Waals surface area contributed by atoms with Crippen molar-refractivity contribution in [2.24, 2.45) is 5.92 Å². The van der Waals surface area contributed by atoms with Crippen LogP contribution in [0.2, 0.25) is 5.15 Å². The van der Waals surface area contributed by atoms with Gasteiger partial charge in [0.15, 0.2) is 9.84 Å². The van der Waals surface area contributed by atoms with Crippen LogP contribution in [-0.2, 0) is 16.3 Å². The van der Waals surface area contributed by atoms with Crippen LogP contribution in [0, 0.1) is 19.8 Å². The molecule has 1 aromatic rings. The van der Waals surface area contributed by atoms with Gasteiger partial charge in [0.1, 0.15) is 10.0 Å². The molecule has 5 heteroatoms. The van der Waals surface area contributed by atoms with Gasteiger partial charge in [0.25, 0.3) is 0 Å². The smallest absolute Gasteiger partial charge is 0.184 e. The third kappa shape index (κ3) is 3.29. The number of hydrogen-bond acceptors (Lipinski definition) is 3. The SMILES string of the molecule is Cc1nc(Cl)c(S(=O)(=O)C(C)C)c(C)c1CC(C)C. The number of hydrogen-bond donors (Lipinski definition) is 0. The summed E-state index contributed by atoms with van der Waals surface area (Å²) in [6, 6.07) is 0. The molecule has 3 nitrogen and oxygen atoms in total. The Morgan fingerprint density at radius 2 is 1.68 bits per heavy atom. The van der Waals surface area contributed by atoms with E-state index in [0.29, 0.717) is 5.92 Å². The molecule has 0 unspecified atom stereocenters. The fourth-order valence-electron chi connectivity index (χ4n) is 2.10. The van der Waals surface area contributed by atoms with Crippen molar-refractivity contribution in [3.8, 4) is 0 Å². The van der Waals surface area contributed by atoms with E-state index < -0.39 is 15.1 Å². The Balaban J connectivity index is 3.59. The summed E-state index contributed by atoms with van der Waals surface area (Å²) in [6.45, 7) is 11.2. The average molecular weight is 304 g/mol. The Bertz CT molecular complexity index is 578. The van der Waals surface area contributed by atoms with Crippen molar-refractivity contribution in [2.45, 2.75) is 58.1 Å². The van der Waals surface area contributed by atoms with Gasteiger partial charge < -0.3 is 0 Å². The molecule has 0 aliphatic rings. The zero-order chi connectivity index (χ0) is 15.0. The lowest BCUT2D eigenvalue weighted by Crippen LogP contribution is -2.18. The molecule has 19 heavy (non-hydrogen) atoms. The van der Waals surface area contributed by atoms with Gasteiger partial charge in [-0.3, -0.25) is 0 Å². The number of rotatable bonds is 4. The van der Waals surface area contributed by atoms with E-state index in [9.17, 15) is 8.42 Å². The minimum absolute atomic E-state index is 0.0937. The third-order valence-electron chi connectivity index (χ3n) is 3.20. The number of pyridine rings is 1. The molecule has 1 heterocycles. The van der Waals surface area contributed by atoms with Gasteiger partial charge >= 0.3 is 0 Å². The molecule has 0 aromatic carbocycles. The lowest BCUT2D eigenvalue weighted by Gasteiger charge is -2.18. The molecule has 0 spiro atoms. The quantitative estimate of drug-likeness (QED) is 0.796. The molecular weight excluding hydrogens is 282 g/mol. The van der Waals surface area contributed by atoms with E-state index >= 15 is 0 Å². The Morgan fingerprint density at radius 3 is 2.11 bits per heavy atom. The molecule has 0 atom stereocenters. The van der Waals surface area contributed by atoms with E-state index in [-0.39, 0.29) is 10.0 Å². The highest BCUT2D eigenvalue weighted by Gasteiger charge is 2.27. The van der Waals surface area contributed by atoms with Crippen LogP contribution in [0.3, 0.4) is 0 Å². The predicted molar refractivity (Wildman–Crippen MR) is 79.6 cm³/mol. The van der Waals surface area contributed by atoms with Gasteiger partial charge in [-0.25, -0.2) is 13.4 Å². The molecule has 0 aliphatic carbocycles. The molecule has 0 radical (unpaired) electrons. The van der Waals surface area contributed by atoms with E-state index in [2.05, 4.69) is 18.8 Å². The van der Waals surface area contributed by atoms with Crippen molar-refractivity contribution in [3.05, 3.63) is 22.0 Å². The molecule has 108 valence electrons. The first-order valence-corrected chi connectivity index (χ1v) is 8.40. The summed E-state index contributed by atoms with van der Waals surface area (Å²) >= 11 is 6.08.